The highest BCUT2D eigenvalue weighted by atomic mass is 15.1. The van der Waals surface area contributed by atoms with Crippen molar-refractivity contribution in [3.8, 4) is 0 Å². The minimum absolute atomic E-state index is 0.198. The van der Waals surface area contributed by atoms with Crippen LogP contribution < -0.4 is 10.6 Å². The Hall–Kier alpha value is -1.32. The van der Waals surface area contributed by atoms with Crippen LogP contribution in [0.4, 0.5) is 11.6 Å². The number of rotatable bonds is 3. The van der Waals surface area contributed by atoms with Crippen molar-refractivity contribution in [1.82, 2.24) is 9.97 Å². The van der Waals surface area contributed by atoms with Gasteiger partial charge in [0.2, 0.25) is 0 Å². The van der Waals surface area contributed by atoms with Crippen molar-refractivity contribution in [1.29, 1.82) is 0 Å². The Morgan fingerprint density at radius 2 is 1.76 bits per heavy atom. The van der Waals surface area contributed by atoms with Crippen LogP contribution in [0.25, 0.3) is 0 Å². The van der Waals surface area contributed by atoms with Crippen LogP contribution in [0.2, 0.25) is 0 Å². The minimum Gasteiger partial charge on any atom is -0.373 e. The summed E-state index contributed by atoms with van der Waals surface area (Å²) in [6.45, 7) is 4.22. The van der Waals surface area contributed by atoms with E-state index < -0.39 is 0 Å². The smallest absolute Gasteiger partial charge is 0.132 e. The van der Waals surface area contributed by atoms with Gasteiger partial charge in [0.05, 0.1) is 0 Å². The van der Waals surface area contributed by atoms with Crippen LogP contribution in [0.15, 0.2) is 6.07 Å². The normalized spacial score (nSPS) is 18.8. The van der Waals surface area contributed by atoms with E-state index in [1.165, 1.54) is 32.1 Å². The lowest BCUT2D eigenvalue weighted by molar-refractivity contribution is 0.348. The summed E-state index contributed by atoms with van der Waals surface area (Å²) < 4.78 is 0. The molecule has 1 aromatic rings. The van der Waals surface area contributed by atoms with Crippen LogP contribution >= 0.6 is 0 Å². The molecular weight excluding hydrogens is 212 g/mol. The third-order valence-electron chi connectivity index (χ3n) is 3.48. The molecule has 0 atom stereocenters. The quantitative estimate of drug-likeness (QED) is 0.844. The van der Waals surface area contributed by atoms with E-state index in [4.69, 9.17) is 0 Å². The van der Waals surface area contributed by atoms with Gasteiger partial charge in [0.25, 0.3) is 0 Å². The first-order valence-corrected chi connectivity index (χ1v) is 6.43. The van der Waals surface area contributed by atoms with Gasteiger partial charge in [-0.15, -0.1) is 0 Å². The number of aryl methyl sites for hydroxylation is 1. The van der Waals surface area contributed by atoms with E-state index in [1.54, 1.807) is 0 Å². The van der Waals surface area contributed by atoms with Gasteiger partial charge in [0, 0.05) is 18.7 Å². The Morgan fingerprint density at radius 3 is 2.41 bits per heavy atom. The van der Waals surface area contributed by atoms with E-state index in [-0.39, 0.29) is 5.54 Å². The molecule has 4 heteroatoms. The van der Waals surface area contributed by atoms with Gasteiger partial charge in [-0.1, -0.05) is 19.3 Å². The molecule has 1 aromatic heterocycles. The molecule has 1 aliphatic carbocycles. The topological polar surface area (TPSA) is 49.8 Å². The number of anilines is 2. The first kappa shape index (κ1) is 12.1. The summed E-state index contributed by atoms with van der Waals surface area (Å²) in [5.74, 6) is 2.62. The lowest BCUT2D eigenvalue weighted by Crippen LogP contribution is -2.37. The maximum Gasteiger partial charge on any atom is 0.132 e. The van der Waals surface area contributed by atoms with Crippen molar-refractivity contribution >= 4 is 11.6 Å². The van der Waals surface area contributed by atoms with Crippen molar-refractivity contribution in [3.05, 3.63) is 11.9 Å². The Morgan fingerprint density at radius 1 is 1.12 bits per heavy atom. The summed E-state index contributed by atoms with van der Waals surface area (Å²) in [6, 6.07) is 1.98. The zero-order valence-electron chi connectivity index (χ0n) is 11.0. The van der Waals surface area contributed by atoms with Gasteiger partial charge in [0.15, 0.2) is 0 Å². The highest BCUT2D eigenvalue weighted by molar-refractivity contribution is 5.48. The number of hydrogen-bond donors (Lipinski definition) is 2. The zero-order chi connectivity index (χ0) is 12.3. The summed E-state index contributed by atoms with van der Waals surface area (Å²) in [7, 11) is 1.88. The number of aromatic nitrogens is 2. The summed E-state index contributed by atoms with van der Waals surface area (Å²) in [5.41, 5.74) is 0.198. The predicted octanol–water partition coefficient (Wildman–Crippen LogP) is 2.96. The Labute approximate surface area is 103 Å². The van der Waals surface area contributed by atoms with Crippen LogP contribution in [-0.4, -0.2) is 22.6 Å². The fourth-order valence-corrected chi connectivity index (χ4v) is 2.53. The maximum absolute atomic E-state index is 4.46. The summed E-state index contributed by atoms with van der Waals surface area (Å²) >= 11 is 0. The predicted molar refractivity (Wildman–Crippen MR) is 71.4 cm³/mol. The van der Waals surface area contributed by atoms with Crippen molar-refractivity contribution in [2.75, 3.05) is 17.7 Å². The largest absolute Gasteiger partial charge is 0.373 e. The van der Waals surface area contributed by atoms with E-state index in [0.717, 1.165) is 17.5 Å². The van der Waals surface area contributed by atoms with Crippen LogP contribution in [0.5, 0.6) is 0 Å². The molecule has 17 heavy (non-hydrogen) atoms. The van der Waals surface area contributed by atoms with Gasteiger partial charge < -0.3 is 10.6 Å². The van der Waals surface area contributed by atoms with E-state index in [2.05, 4.69) is 27.5 Å². The SMILES string of the molecule is CNc1cc(NC2(C)CCCCC2)nc(C)n1. The molecule has 94 valence electrons. The lowest BCUT2D eigenvalue weighted by atomic mass is 9.83. The highest BCUT2D eigenvalue weighted by Crippen LogP contribution is 2.30. The molecule has 0 spiro atoms. The number of hydrogen-bond acceptors (Lipinski definition) is 4. The molecule has 0 radical (unpaired) electrons. The molecule has 1 aliphatic rings. The molecule has 0 unspecified atom stereocenters. The molecule has 1 heterocycles. The Bertz CT molecular complexity index is 383. The monoisotopic (exact) mass is 234 g/mol. The molecule has 1 fully saturated rings. The molecule has 0 saturated heterocycles. The standard InChI is InChI=1S/C13H22N4/c1-10-15-11(14-3)9-12(16-10)17-13(2)7-5-4-6-8-13/h9H,4-8H2,1-3H3,(H2,14,15,16,17). The van der Waals surface area contributed by atoms with Crippen molar-refractivity contribution in [2.45, 2.75) is 51.5 Å². The third-order valence-corrected chi connectivity index (χ3v) is 3.48. The van der Waals surface area contributed by atoms with E-state index in [0.29, 0.717) is 0 Å². The van der Waals surface area contributed by atoms with Crippen LogP contribution in [-0.2, 0) is 0 Å². The number of nitrogens with zero attached hydrogens (tertiary/aromatic N) is 2. The van der Waals surface area contributed by atoms with Gasteiger partial charge in [0.1, 0.15) is 17.5 Å². The van der Waals surface area contributed by atoms with Gasteiger partial charge in [-0.2, -0.15) is 0 Å². The molecular formula is C13H22N4. The minimum atomic E-state index is 0.198. The van der Waals surface area contributed by atoms with Crippen LogP contribution in [0.1, 0.15) is 44.9 Å². The molecule has 2 N–H and O–H groups in total. The average molecular weight is 234 g/mol. The van der Waals surface area contributed by atoms with E-state index >= 15 is 0 Å². The molecule has 1 saturated carbocycles. The maximum atomic E-state index is 4.46. The Kier molecular flexibility index (Phi) is 3.50. The van der Waals surface area contributed by atoms with Crippen molar-refractivity contribution in [2.24, 2.45) is 0 Å². The van der Waals surface area contributed by atoms with Gasteiger partial charge in [-0.25, -0.2) is 9.97 Å². The first-order chi connectivity index (χ1) is 8.11. The molecule has 0 amide bonds. The third kappa shape index (κ3) is 3.08. The lowest BCUT2D eigenvalue weighted by Gasteiger charge is -2.35. The zero-order valence-corrected chi connectivity index (χ0v) is 11.0. The second-order valence-corrected chi connectivity index (χ2v) is 5.18. The molecule has 0 aliphatic heterocycles. The van der Waals surface area contributed by atoms with E-state index in [9.17, 15) is 0 Å². The highest BCUT2D eigenvalue weighted by Gasteiger charge is 2.26. The summed E-state index contributed by atoms with van der Waals surface area (Å²) in [6.07, 6.45) is 6.44. The van der Waals surface area contributed by atoms with Crippen LogP contribution in [0, 0.1) is 6.92 Å². The summed E-state index contributed by atoms with van der Waals surface area (Å²) in [5, 5.41) is 6.65. The van der Waals surface area contributed by atoms with Gasteiger partial charge in [-0.3, -0.25) is 0 Å². The average Bonchev–Trinajstić information content (AvgIpc) is 2.28. The van der Waals surface area contributed by atoms with Crippen molar-refractivity contribution in [3.63, 3.8) is 0 Å². The molecule has 0 aromatic carbocycles. The first-order valence-electron chi connectivity index (χ1n) is 6.43. The second kappa shape index (κ2) is 4.90. The summed E-state index contributed by atoms with van der Waals surface area (Å²) in [4.78, 5) is 8.76. The molecule has 4 nitrogen and oxygen atoms in total. The fourth-order valence-electron chi connectivity index (χ4n) is 2.53. The van der Waals surface area contributed by atoms with E-state index in [1.807, 2.05) is 20.0 Å². The number of nitrogens with one attached hydrogen (secondary N) is 2. The Balaban J connectivity index is 2.14. The fraction of sp³-hybridized carbons (Fsp3) is 0.692. The molecule has 2 rings (SSSR count). The van der Waals surface area contributed by atoms with Gasteiger partial charge >= 0.3 is 0 Å². The van der Waals surface area contributed by atoms with Crippen LogP contribution in [0.3, 0.4) is 0 Å². The molecule has 0 bridgehead atoms. The second-order valence-electron chi connectivity index (χ2n) is 5.18. The van der Waals surface area contributed by atoms with Crippen molar-refractivity contribution < 1.29 is 0 Å². The van der Waals surface area contributed by atoms with Gasteiger partial charge in [-0.05, 0) is 26.7 Å².